The number of aliphatic hydroxyl groups is 2. The van der Waals surface area contributed by atoms with E-state index in [2.05, 4.69) is 6.08 Å². The fourth-order valence-electron chi connectivity index (χ4n) is 3.95. The molecule has 0 fully saturated rings. The molecule has 0 unspecified atom stereocenters. The molecule has 5 nitrogen and oxygen atoms in total. The van der Waals surface area contributed by atoms with E-state index in [-0.39, 0.29) is 5.75 Å². The molecule has 1 aliphatic rings. The summed E-state index contributed by atoms with van der Waals surface area (Å²) >= 11 is 0. The lowest BCUT2D eigenvalue weighted by atomic mass is 9.93. The lowest BCUT2D eigenvalue weighted by Gasteiger charge is -2.19. The largest absolute Gasteiger partial charge is 0.507 e. The summed E-state index contributed by atoms with van der Waals surface area (Å²) in [5, 5.41) is 29.2. The van der Waals surface area contributed by atoms with Crippen molar-refractivity contribution >= 4 is 15.9 Å². The third-order valence-corrected chi connectivity index (χ3v) is 7.61. The Morgan fingerprint density at radius 3 is 2.36 bits per heavy atom. The van der Waals surface area contributed by atoms with Gasteiger partial charge in [-0.05, 0) is 73.9 Å². The molecule has 0 aromatic heterocycles. The number of hydrogen-bond acceptors (Lipinski definition) is 5. The van der Waals surface area contributed by atoms with E-state index in [0.717, 1.165) is 34.3 Å². The van der Waals surface area contributed by atoms with Gasteiger partial charge in [-0.15, -0.1) is 0 Å². The van der Waals surface area contributed by atoms with Crippen molar-refractivity contribution in [3.05, 3.63) is 45.5 Å². The molecule has 6 heteroatoms. The standard InChI is InChI=1S/C22H32O5S/c1-5-16(11-17-9-14(3)22(25)15(4)10-17)7-8-19(24)21-18(6-2)13-28(26,27)20(21)12-23/h9-11,19-20,23-25H,5-8,12-13H2,1-4H3/b16-11+/t19-,20+/m1/s1. The van der Waals surface area contributed by atoms with Gasteiger partial charge in [0, 0.05) is 0 Å². The molecule has 1 heterocycles. The number of phenolic OH excluding ortho intramolecular Hbond substituents is 1. The smallest absolute Gasteiger partial charge is 0.163 e. The van der Waals surface area contributed by atoms with Gasteiger partial charge < -0.3 is 15.3 Å². The molecule has 0 amide bonds. The van der Waals surface area contributed by atoms with Crippen LogP contribution in [0.4, 0.5) is 0 Å². The first kappa shape index (κ1) is 22.7. The Morgan fingerprint density at radius 2 is 1.86 bits per heavy atom. The summed E-state index contributed by atoms with van der Waals surface area (Å²) in [5.41, 5.74) is 5.02. The van der Waals surface area contributed by atoms with Crippen molar-refractivity contribution in [1.82, 2.24) is 0 Å². The van der Waals surface area contributed by atoms with Gasteiger partial charge in [-0.2, -0.15) is 0 Å². The van der Waals surface area contributed by atoms with Gasteiger partial charge in [0.05, 0.1) is 18.5 Å². The first-order valence-corrected chi connectivity index (χ1v) is 11.6. The maximum absolute atomic E-state index is 12.3. The number of allylic oxidation sites excluding steroid dienone is 1. The molecule has 3 N–H and O–H groups in total. The van der Waals surface area contributed by atoms with Crippen LogP contribution < -0.4 is 0 Å². The van der Waals surface area contributed by atoms with Crippen LogP contribution in [0.15, 0.2) is 28.9 Å². The molecule has 1 aromatic rings. The SMILES string of the molecule is CCC1=C([C@H](O)CC/C(=C/c2cc(C)c(O)c(C)c2)CC)[C@H](CO)S(=O)(=O)C1. The van der Waals surface area contributed by atoms with Crippen LogP contribution >= 0.6 is 0 Å². The zero-order chi connectivity index (χ0) is 21.1. The Kier molecular flexibility index (Phi) is 7.48. The average molecular weight is 409 g/mol. The summed E-state index contributed by atoms with van der Waals surface area (Å²) in [7, 11) is -3.42. The lowest BCUT2D eigenvalue weighted by Crippen LogP contribution is -2.29. The number of hydrogen-bond donors (Lipinski definition) is 3. The molecule has 156 valence electrons. The van der Waals surface area contributed by atoms with Crippen molar-refractivity contribution in [2.75, 3.05) is 12.4 Å². The Balaban J connectivity index is 2.19. The normalized spacial score (nSPS) is 20.6. The van der Waals surface area contributed by atoms with Crippen LogP contribution in [-0.2, 0) is 9.84 Å². The number of aliphatic hydroxyl groups excluding tert-OH is 2. The van der Waals surface area contributed by atoms with Gasteiger partial charge >= 0.3 is 0 Å². The van der Waals surface area contributed by atoms with E-state index in [0.29, 0.717) is 30.6 Å². The monoisotopic (exact) mass is 408 g/mol. The van der Waals surface area contributed by atoms with Gasteiger partial charge in [-0.1, -0.05) is 31.1 Å². The third-order valence-electron chi connectivity index (χ3n) is 5.59. The fourth-order valence-corrected chi connectivity index (χ4v) is 5.95. The predicted molar refractivity (Wildman–Crippen MR) is 113 cm³/mol. The second kappa shape index (κ2) is 9.25. The lowest BCUT2D eigenvalue weighted by molar-refractivity contribution is 0.188. The maximum Gasteiger partial charge on any atom is 0.163 e. The molecule has 0 bridgehead atoms. The van der Waals surface area contributed by atoms with Gasteiger partial charge in [-0.25, -0.2) is 8.42 Å². The molecule has 2 atom stereocenters. The zero-order valence-corrected chi connectivity index (χ0v) is 18.0. The predicted octanol–water partition coefficient (Wildman–Crippen LogP) is 3.44. The van der Waals surface area contributed by atoms with Crippen molar-refractivity contribution in [3.8, 4) is 5.75 Å². The average Bonchev–Trinajstić information content (AvgIpc) is 2.92. The molecule has 0 radical (unpaired) electrons. The van der Waals surface area contributed by atoms with Crippen LogP contribution in [0.5, 0.6) is 5.75 Å². The Bertz CT molecular complexity index is 857. The quantitative estimate of drug-likeness (QED) is 0.573. The van der Waals surface area contributed by atoms with Crippen molar-refractivity contribution in [2.24, 2.45) is 0 Å². The van der Waals surface area contributed by atoms with Crippen molar-refractivity contribution in [3.63, 3.8) is 0 Å². The van der Waals surface area contributed by atoms with E-state index in [9.17, 15) is 23.7 Å². The van der Waals surface area contributed by atoms with Crippen molar-refractivity contribution in [2.45, 2.75) is 64.7 Å². The first-order valence-electron chi connectivity index (χ1n) is 9.86. The summed E-state index contributed by atoms with van der Waals surface area (Å²) in [4.78, 5) is 0. The van der Waals surface area contributed by atoms with E-state index in [1.54, 1.807) is 0 Å². The molecule has 0 saturated carbocycles. The van der Waals surface area contributed by atoms with Crippen LogP contribution in [-0.4, -0.2) is 47.5 Å². The molecular formula is C22H32O5S. The minimum absolute atomic E-state index is 0.0658. The van der Waals surface area contributed by atoms with E-state index < -0.39 is 27.8 Å². The molecule has 0 spiro atoms. The number of sulfone groups is 1. The van der Waals surface area contributed by atoms with Crippen LogP contribution in [0.3, 0.4) is 0 Å². The van der Waals surface area contributed by atoms with Crippen molar-refractivity contribution < 1.29 is 23.7 Å². The molecule has 0 saturated heterocycles. The highest BCUT2D eigenvalue weighted by atomic mass is 32.2. The minimum Gasteiger partial charge on any atom is -0.507 e. The molecule has 1 aromatic carbocycles. The van der Waals surface area contributed by atoms with E-state index in [4.69, 9.17) is 0 Å². The van der Waals surface area contributed by atoms with E-state index >= 15 is 0 Å². The first-order chi connectivity index (χ1) is 13.1. The van der Waals surface area contributed by atoms with Gasteiger partial charge in [-0.3, -0.25) is 0 Å². The van der Waals surface area contributed by atoms with E-state index in [1.807, 2.05) is 39.8 Å². The molecule has 2 rings (SSSR count). The van der Waals surface area contributed by atoms with Gasteiger partial charge in [0.25, 0.3) is 0 Å². The Morgan fingerprint density at radius 1 is 1.25 bits per heavy atom. The molecule has 0 aliphatic carbocycles. The van der Waals surface area contributed by atoms with Crippen LogP contribution in [0.2, 0.25) is 0 Å². The van der Waals surface area contributed by atoms with E-state index in [1.165, 1.54) is 0 Å². The number of phenols is 1. The second-order valence-corrected chi connectivity index (χ2v) is 9.79. The number of aromatic hydroxyl groups is 1. The minimum atomic E-state index is -3.42. The third kappa shape index (κ3) is 4.85. The van der Waals surface area contributed by atoms with Crippen LogP contribution in [0.25, 0.3) is 6.08 Å². The summed E-state index contributed by atoms with van der Waals surface area (Å²) < 4.78 is 24.5. The number of benzene rings is 1. The maximum atomic E-state index is 12.3. The number of rotatable bonds is 8. The highest BCUT2D eigenvalue weighted by Gasteiger charge is 2.40. The number of aryl methyl sites for hydroxylation is 2. The Hall–Kier alpha value is -1.63. The summed E-state index contributed by atoms with van der Waals surface area (Å²) in [6.07, 6.45) is 3.62. The molecule has 1 aliphatic heterocycles. The highest BCUT2D eigenvalue weighted by molar-refractivity contribution is 7.92. The van der Waals surface area contributed by atoms with Gasteiger partial charge in [0.2, 0.25) is 0 Å². The summed E-state index contributed by atoms with van der Waals surface area (Å²) in [5.74, 6) is 0.242. The second-order valence-electron chi connectivity index (χ2n) is 7.60. The highest BCUT2D eigenvalue weighted by Crippen LogP contribution is 2.33. The van der Waals surface area contributed by atoms with Crippen LogP contribution in [0, 0.1) is 13.8 Å². The zero-order valence-electron chi connectivity index (χ0n) is 17.2. The van der Waals surface area contributed by atoms with Gasteiger partial charge in [0.1, 0.15) is 11.0 Å². The van der Waals surface area contributed by atoms with Gasteiger partial charge in [0.15, 0.2) is 9.84 Å². The summed E-state index contributed by atoms with van der Waals surface area (Å²) in [6.45, 7) is 7.17. The Labute approximate surface area is 168 Å². The molecule has 28 heavy (non-hydrogen) atoms. The summed E-state index contributed by atoms with van der Waals surface area (Å²) in [6, 6.07) is 3.86. The fraction of sp³-hybridized carbons (Fsp3) is 0.545. The van der Waals surface area contributed by atoms with Crippen molar-refractivity contribution in [1.29, 1.82) is 0 Å². The topological polar surface area (TPSA) is 94.8 Å². The van der Waals surface area contributed by atoms with Crippen LogP contribution in [0.1, 0.15) is 56.2 Å². The molecular weight excluding hydrogens is 376 g/mol.